The summed E-state index contributed by atoms with van der Waals surface area (Å²) >= 11 is 0. The number of halogens is 1. The van der Waals surface area contributed by atoms with Gasteiger partial charge in [0.05, 0.1) is 12.2 Å². The molecule has 1 aliphatic rings. The third-order valence-corrected chi connectivity index (χ3v) is 3.65. The molecule has 2 rings (SSSR count). The summed E-state index contributed by atoms with van der Waals surface area (Å²) < 4.78 is 0. The van der Waals surface area contributed by atoms with Gasteiger partial charge in [0.15, 0.2) is 5.96 Å². The van der Waals surface area contributed by atoms with Crippen molar-refractivity contribution >= 4 is 29.9 Å². The van der Waals surface area contributed by atoms with Gasteiger partial charge in [-0.3, -0.25) is 4.98 Å². The molecule has 0 bridgehead atoms. The molecule has 21 heavy (non-hydrogen) atoms. The fraction of sp³-hybridized carbons (Fsp3) is 0.625. The summed E-state index contributed by atoms with van der Waals surface area (Å²) in [6.45, 7) is 12.5. The van der Waals surface area contributed by atoms with Gasteiger partial charge in [-0.2, -0.15) is 0 Å². The lowest BCUT2D eigenvalue weighted by Crippen LogP contribution is -2.40. The molecule has 0 atom stereocenters. The van der Waals surface area contributed by atoms with Crippen molar-refractivity contribution in [2.75, 3.05) is 19.6 Å². The molecular weight excluding hydrogens is 375 g/mol. The highest BCUT2D eigenvalue weighted by molar-refractivity contribution is 14.0. The van der Waals surface area contributed by atoms with Crippen LogP contribution in [0.3, 0.4) is 0 Å². The molecule has 0 spiro atoms. The largest absolute Gasteiger partial charge is 0.357 e. The molecule has 0 aliphatic carbocycles. The predicted octanol–water partition coefficient (Wildman–Crippen LogP) is 3.21. The van der Waals surface area contributed by atoms with Crippen LogP contribution in [0.25, 0.3) is 0 Å². The lowest BCUT2D eigenvalue weighted by Gasteiger charge is -2.23. The van der Waals surface area contributed by atoms with Crippen molar-refractivity contribution in [2.45, 2.75) is 40.7 Å². The minimum atomic E-state index is 0. The Labute approximate surface area is 145 Å². The molecule has 1 aliphatic heterocycles. The molecule has 1 aromatic heterocycles. The summed E-state index contributed by atoms with van der Waals surface area (Å²) in [4.78, 5) is 11.6. The zero-order valence-electron chi connectivity index (χ0n) is 13.5. The van der Waals surface area contributed by atoms with Crippen molar-refractivity contribution in [1.29, 1.82) is 0 Å². The van der Waals surface area contributed by atoms with Crippen LogP contribution in [0.1, 0.15) is 38.6 Å². The minimum absolute atomic E-state index is 0. The highest BCUT2D eigenvalue weighted by Crippen LogP contribution is 2.28. The first-order chi connectivity index (χ1) is 9.50. The molecule has 4 nitrogen and oxygen atoms in total. The fourth-order valence-corrected chi connectivity index (χ4v) is 2.56. The molecule has 1 N–H and O–H groups in total. The molecular formula is C16H27IN4. The van der Waals surface area contributed by atoms with Gasteiger partial charge in [-0.25, -0.2) is 4.99 Å². The number of hydrogen-bond acceptors (Lipinski definition) is 2. The number of pyridine rings is 1. The number of nitrogens with one attached hydrogen (secondary N) is 1. The number of likely N-dealkylation sites (tertiary alicyclic amines) is 1. The Hall–Kier alpha value is -0.850. The first-order valence-electron chi connectivity index (χ1n) is 7.46. The topological polar surface area (TPSA) is 40.5 Å². The zero-order chi connectivity index (χ0) is 14.6. The van der Waals surface area contributed by atoms with Gasteiger partial charge in [-0.1, -0.05) is 19.9 Å². The second-order valence-electron chi connectivity index (χ2n) is 6.28. The van der Waals surface area contributed by atoms with E-state index in [-0.39, 0.29) is 24.0 Å². The van der Waals surface area contributed by atoms with E-state index < -0.39 is 0 Å². The summed E-state index contributed by atoms with van der Waals surface area (Å²) in [5.41, 5.74) is 2.46. The van der Waals surface area contributed by atoms with Crippen LogP contribution in [-0.4, -0.2) is 35.5 Å². The standard InChI is InChI=1S/C16H26N4.HI/c1-5-17-15(20-10-9-16(3,4)12-20)18-11-14-8-6-7-13(2)19-14;/h6-8H,5,9-12H2,1-4H3,(H,17,18);1H. The van der Waals surface area contributed by atoms with E-state index in [4.69, 9.17) is 4.99 Å². The molecule has 118 valence electrons. The van der Waals surface area contributed by atoms with E-state index in [1.54, 1.807) is 0 Å². The van der Waals surface area contributed by atoms with E-state index in [9.17, 15) is 0 Å². The maximum atomic E-state index is 4.74. The zero-order valence-corrected chi connectivity index (χ0v) is 15.8. The van der Waals surface area contributed by atoms with Crippen LogP contribution in [-0.2, 0) is 6.54 Å². The van der Waals surface area contributed by atoms with Crippen LogP contribution in [0.4, 0.5) is 0 Å². The van der Waals surface area contributed by atoms with Crippen LogP contribution in [0.5, 0.6) is 0 Å². The fourth-order valence-electron chi connectivity index (χ4n) is 2.56. The van der Waals surface area contributed by atoms with Crippen molar-refractivity contribution in [1.82, 2.24) is 15.2 Å². The summed E-state index contributed by atoms with van der Waals surface area (Å²) in [7, 11) is 0. The van der Waals surface area contributed by atoms with Gasteiger partial charge < -0.3 is 10.2 Å². The average Bonchev–Trinajstić information content (AvgIpc) is 2.75. The summed E-state index contributed by atoms with van der Waals surface area (Å²) in [5.74, 6) is 1.02. The SMILES string of the molecule is CCNC(=NCc1cccc(C)n1)N1CCC(C)(C)C1.I. The van der Waals surface area contributed by atoms with Gasteiger partial charge >= 0.3 is 0 Å². The first kappa shape index (κ1) is 18.2. The number of rotatable bonds is 3. The van der Waals surface area contributed by atoms with Crippen LogP contribution in [0.2, 0.25) is 0 Å². The first-order valence-corrected chi connectivity index (χ1v) is 7.46. The highest BCUT2D eigenvalue weighted by Gasteiger charge is 2.30. The van der Waals surface area contributed by atoms with Crippen LogP contribution < -0.4 is 5.32 Å². The summed E-state index contributed by atoms with van der Waals surface area (Å²) in [6, 6.07) is 6.09. The number of aliphatic imine (C=N–C) groups is 1. The van der Waals surface area contributed by atoms with Gasteiger partial charge in [-0.05, 0) is 37.8 Å². The van der Waals surface area contributed by atoms with Crippen molar-refractivity contribution < 1.29 is 0 Å². The van der Waals surface area contributed by atoms with E-state index in [1.165, 1.54) is 6.42 Å². The van der Waals surface area contributed by atoms with Crippen LogP contribution in [0.15, 0.2) is 23.2 Å². The Balaban J connectivity index is 0.00000220. The molecule has 1 fully saturated rings. The second-order valence-corrected chi connectivity index (χ2v) is 6.28. The van der Waals surface area contributed by atoms with Crippen LogP contribution in [0, 0.1) is 12.3 Å². The van der Waals surface area contributed by atoms with Crippen molar-refractivity contribution in [3.8, 4) is 0 Å². The third-order valence-electron chi connectivity index (χ3n) is 3.65. The second kappa shape index (κ2) is 7.96. The Morgan fingerprint density at radius 3 is 2.76 bits per heavy atom. The molecule has 0 unspecified atom stereocenters. The molecule has 1 aromatic rings. The van der Waals surface area contributed by atoms with Gasteiger partial charge in [0.1, 0.15) is 0 Å². The number of guanidine groups is 1. The van der Waals surface area contributed by atoms with Gasteiger partial charge in [0, 0.05) is 25.3 Å². The molecule has 1 saturated heterocycles. The lowest BCUT2D eigenvalue weighted by molar-refractivity contribution is 0.370. The van der Waals surface area contributed by atoms with Gasteiger partial charge in [0.2, 0.25) is 0 Å². The third kappa shape index (κ3) is 5.45. The van der Waals surface area contributed by atoms with Crippen LogP contribution >= 0.6 is 24.0 Å². The predicted molar refractivity (Wildman–Crippen MR) is 99.2 cm³/mol. The number of aryl methyl sites for hydroxylation is 1. The Kier molecular flexibility index (Phi) is 6.90. The highest BCUT2D eigenvalue weighted by atomic mass is 127. The maximum Gasteiger partial charge on any atom is 0.194 e. The number of nitrogens with zero attached hydrogens (tertiary/aromatic N) is 3. The summed E-state index contributed by atoms with van der Waals surface area (Å²) in [6.07, 6.45) is 1.22. The Morgan fingerprint density at radius 1 is 1.43 bits per heavy atom. The number of hydrogen-bond donors (Lipinski definition) is 1. The molecule has 0 saturated carbocycles. The quantitative estimate of drug-likeness (QED) is 0.480. The maximum absolute atomic E-state index is 4.74. The van der Waals surface area contributed by atoms with Gasteiger partial charge in [0.25, 0.3) is 0 Å². The van der Waals surface area contributed by atoms with E-state index in [2.05, 4.69) is 36.0 Å². The van der Waals surface area contributed by atoms with E-state index >= 15 is 0 Å². The van der Waals surface area contributed by atoms with Gasteiger partial charge in [-0.15, -0.1) is 24.0 Å². The smallest absolute Gasteiger partial charge is 0.194 e. The molecule has 2 heterocycles. The molecule has 0 amide bonds. The number of aromatic nitrogens is 1. The van der Waals surface area contributed by atoms with E-state index in [1.807, 2.05) is 25.1 Å². The summed E-state index contributed by atoms with van der Waals surface area (Å²) in [5, 5.41) is 3.40. The van der Waals surface area contributed by atoms with E-state index in [0.717, 1.165) is 37.0 Å². The monoisotopic (exact) mass is 402 g/mol. The Bertz CT molecular complexity index is 485. The molecule has 0 radical (unpaired) electrons. The van der Waals surface area contributed by atoms with Crippen molar-refractivity contribution in [2.24, 2.45) is 10.4 Å². The average molecular weight is 402 g/mol. The van der Waals surface area contributed by atoms with Crippen molar-refractivity contribution in [3.63, 3.8) is 0 Å². The molecule has 5 heteroatoms. The van der Waals surface area contributed by atoms with Crippen molar-refractivity contribution in [3.05, 3.63) is 29.6 Å². The minimum Gasteiger partial charge on any atom is -0.357 e. The van der Waals surface area contributed by atoms with E-state index in [0.29, 0.717) is 12.0 Å². The normalized spacial score (nSPS) is 17.5. The Morgan fingerprint density at radius 2 is 2.19 bits per heavy atom. The molecule has 0 aromatic carbocycles. The lowest BCUT2D eigenvalue weighted by atomic mass is 9.93.